The predicted molar refractivity (Wildman–Crippen MR) is 45.6 cm³/mol. The number of rotatable bonds is 1. The highest BCUT2D eigenvalue weighted by Gasteiger charge is 2.07. The van der Waals surface area contributed by atoms with Gasteiger partial charge in [-0.1, -0.05) is 0 Å². The number of aromatic amines is 1. The van der Waals surface area contributed by atoms with Crippen molar-refractivity contribution in [2.75, 3.05) is 0 Å². The summed E-state index contributed by atoms with van der Waals surface area (Å²) in [6.45, 7) is 1.75. The highest BCUT2D eigenvalue weighted by atomic mass is 16.4. The summed E-state index contributed by atoms with van der Waals surface area (Å²) in [6.07, 6.45) is 1.60. The zero-order chi connectivity index (χ0) is 9.42. The van der Waals surface area contributed by atoms with E-state index in [0.717, 1.165) is 0 Å². The first kappa shape index (κ1) is 7.72. The number of hydrogen-bond acceptors (Lipinski definition) is 3. The van der Waals surface area contributed by atoms with Crippen LogP contribution in [-0.2, 0) is 0 Å². The number of nitrogens with zero attached hydrogens (tertiary/aromatic N) is 2. The van der Waals surface area contributed by atoms with Crippen molar-refractivity contribution in [2.45, 2.75) is 6.92 Å². The fourth-order valence-corrected chi connectivity index (χ4v) is 1.12. The Morgan fingerprint density at radius 2 is 2.38 bits per heavy atom. The van der Waals surface area contributed by atoms with E-state index in [4.69, 9.17) is 5.11 Å². The zero-order valence-corrected chi connectivity index (χ0v) is 6.90. The average Bonchev–Trinajstić information content (AvgIpc) is 2.46. The molecule has 0 aromatic carbocycles. The molecule has 0 unspecified atom stereocenters. The van der Waals surface area contributed by atoms with E-state index in [2.05, 4.69) is 15.0 Å². The van der Waals surface area contributed by atoms with Crippen LogP contribution < -0.4 is 0 Å². The van der Waals surface area contributed by atoms with Gasteiger partial charge in [0.05, 0.1) is 0 Å². The fourth-order valence-electron chi connectivity index (χ4n) is 1.12. The summed E-state index contributed by atoms with van der Waals surface area (Å²) >= 11 is 0. The van der Waals surface area contributed by atoms with Gasteiger partial charge >= 0.3 is 5.97 Å². The molecule has 0 amide bonds. The first-order valence-corrected chi connectivity index (χ1v) is 3.72. The second-order valence-electron chi connectivity index (χ2n) is 2.71. The van der Waals surface area contributed by atoms with Crippen molar-refractivity contribution in [1.29, 1.82) is 0 Å². The molecule has 13 heavy (non-hydrogen) atoms. The van der Waals surface area contributed by atoms with Crippen molar-refractivity contribution in [3.05, 3.63) is 23.8 Å². The molecule has 0 spiro atoms. The topological polar surface area (TPSA) is 78.9 Å². The van der Waals surface area contributed by atoms with E-state index in [1.807, 2.05) is 0 Å². The average molecular weight is 177 g/mol. The number of carboxylic acids is 1. The maximum atomic E-state index is 10.6. The standard InChI is InChI=1S/C8H7N3O2/c1-4-9-3-5-2-6(8(12)13)11-7(5)10-4/h2-3H,1H3,(H,12,13)(H,9,10,11). The van der Waals surface area contributed by atoms with Gasteiger partial charge in [-0.2, -0.15) is 0 Å². The van der Waals surface area contributed by atoms with Gasteiger partial charge in [0.2, 0.25) is 0 Å². The second-order valence-corrected chi connectivity index (χ2v) is 2.71. The molecular formula is C8H7N3O2. The molecule has 2 aromatic rings. The number of nitrogens with one attached hydrogen (secondary N) is 1. The van der Waals surface area contributed by atoms with Crippen molar-refractivity contribution in [3.63, 3.8) is 0 Å². The molecule has 0 aliphatic heterocycles. The Morgan fingerprint density at radius 1 is 1.62 bits per heavy atom. The lowest BCUT2D eigenvalue weighted by Gasteiger charge is -1.89. The fraction of sp³-hybridized carbons (Fsp3) is 0.125. The molecule has 0 saturated heterocycles. The molecule has 2 aromatic heterocycles. The molecule has 2 rings (SSSR count). The van der Waals surface area contributed by atoms with Crippen LogP contribution in [0.4, 0.5) is 0 Å². The molecule has 0 aliphatic rings. The molecular weight excluding hydrogens is 170 g/mol. The molecule has 5 heteroatoms. The van der Waals surface area contributed by atoms with Crippen LogP contribution in [0.1, 0.15) is 16.3 Å². The van der Waals surface area contributed by atoms with Gasteiger partial charge in [-0.25, -0.2) is 14.8 Å². The van der Waals surface area contributed by atoms with Crippen LogP contribution in [0.25, 0.3) is 11.0 Å². The molecule has 0 saturated carbocycles. The monoisotopic (exact) mass is 177 g/mol. The number of carboxylic acid groups (broad SMARTS) is 1. The number of aryl methyl sites for hydroxylation is 1. The van der Waals surface area contributed by atoms with Gasteiger partial charge in [0.25, 0.3) is 0 Å². The summed E-state index contributed by atoms with van der Waals surface area (Å²) in [4.78, 5) is 21.3. The van der Waals surface area contributed by atoms with Crippen molar-refractivity contribution in [2.24, 2.45) is 0 Å². The van der Waals surface area contributed by atoms with E-state index in [-0.39, 0.29) is 5.69 Å². The van der Waals surface area contributed by atoms with Crippen LogP contribution in [0.2, 0.25) is 0 Å². The summed E-state index contributed by atoms with van der Waals surface area (Å²) < 4.78 is 0. The Labute approximate surface area is 73.4 Å². The van der Waals surface area contributed by atoms with Gasteiger partial charge in [-0.3, -0.25) is 0 Å². The lowest BCUT2D eigenvalue weighted by atomic mass is 10.3. The molecule has 66 valence electrons. The number of H-pyrrole nitrogens is 1. The van der Waals surface area contributed by atoms with Gasteiger partial charge in [0.1, 0.15) is 17.2 Å². The Kier molecular flexibility index (Phi) is 1.51. The highest BCUT2D eigenvalue weighted by molar-refractivity contribution is 5.92. The van der Waals surface area contributed by atoms with E-state index in [9.17, 15) is 4.79 Å². The lowest BCUT2D eigenvalue weighted by molar-refractivity contribution is 0.0691. The van der Waals surface area contributed by atoms with Crippen molar-refractivity contribution < 1.29 is 9.90 Å². The number of hydrogen-bond donors (Lipinski definition) is 2. The summed E-state index contributed by atoms with van der Waals surface area (Å²) in [5, 5.41) is 9.39. The normalized spacial score (nSPS) is 10.5. The van der Waals surface area contributed by atoms with Crippen molar-refractivity contribution in [3.8, 4) is 0 Å². The van der Waals surface area contributed by atoms with E-state index in [0.29, 0.717) is 16.9 Å². The first-order chi connectivity index (χ1) is 6.16. The molecule has 5 nitrogen and oxygen atoms in total. The SMILES string of the molecule is Cc1ncc2cc(C(=O)O)[nH]c2n1. The van der Waals surface area contributed by atoms with Crippen molar-refractivity contribution in [1.82, 2.24) is 15.0 Å². The van der Waals surface area contributed by atoms with Gasteiger partial charge in [-0.05, 0) is 13.0 Å². The van der Waals surface area contributed by atoms with Crippen LogP contribution >= 0.6 is 0 Å². The smallest absolute Gasteiger partial charge is 0.352 e. The number of aromatic carboxylic acids is 1. The van der Waals surface area contributed by atoms with E-state index < -0.39 is 5.97 Å². The van der Waals surface area contributed by atoms with Gasteiger partial charge in [0, 0.05) is 11.6 Å². The van der Waals surface area contributed by atoms with Crippen LogP contribution in [0.3, 0.4) is 0 Å². The lowest BCUT2D eigenvalue weighted by Crippen LogP contribution is -1.95. The van der Waals surface area contributed by atoms with Crippen LogP contribution in [-0.4, -0.2) is 26.0 Å². The van der Waals surface area contributed by atoms with E-state index in [1.165, 1.54) is 6.07 Å². The zero-order valence-electron chi connectivity index (χ0n) is 6.90. The Hall–Kier alpha value is -1.91. The van der Waals surface area contributed by atoms with Crippen molar-refractivity contribution >= 4 is 17.0 Å². The third kappa shape index (κ3) is 1.24. The number of fused-ring (bicyclic) bond motifs is 1. The third-order valence-electron chi connectivity index (χ3n) is 1.72. The molecule has 2 N–H and O–H groups in total. The first-order valence-electron chi connectivity index (χ1n) is 3.72. The Bertz CT molecular complexity index is 475. The minimum absolute atomic E-state index is 0.134. The number of carbonyl (C=O) groups is 1. The molecule has 0 radical (unpaired) electrons. The van der Waals surface area contributed by atoms with Gasteiger partial charge in [-0.15, -0.1) is 0 Å². The minimum Gasteiger partial charge on any atom is -0.477 e. The summed E-state index contributed by atoms with van der Waals surface area (Å²) in [5.41, 5.74) is 0.694. The second kappa shape index (κ2) is 2.55. The molecule has 0 aliphatic carbocycles. The third-order valence-corrected chi connectivity index (χ3v) is 1.72. The van der Waals surface area contributed by atoms with E-state index in [1.54, 1.807) is 13.1 Å². The molecule has 0 atom stereocenters. The molecule has 2 heterocycles. The minimum atomic E-state index is -0.990. The largest absolute Gasteiger partial charge is 0.477 e. The molecule has 0 bridgehead atoms. The highest BCUT2D eigenvalue weighted by Crippen LogP contribution is 2.11. The Balaban J connectivity index is 2.68. The maximum absolute atomic E-state index is 10.6. The predicted octanol–water partition coefficient (Wildman–Crippen LogP) is 0.965. The quantitative estimate of drug-likeness (QED) is 0.680. The van der Waals surface area contributed by atoms with Crippen LogP contribution in [0, 0.1) is 6.92 Å². The summed E-state index contributed by atoms with van der Waals surface area (Å²) in [7, 11) is 0. The van der Waals surface area contributed by atoms with Crippen LogP contribution in [0.5, 0.6) is 0 Å². The summed E-state index contributed by atoms with van der Waals surface area (Å²) in [6, 6.07) is 1.51. The Morgan fingerprint density at radius 3 is 3.08 bits per heavy atom. The number of aromatic nitrogens is 3. The maximum Gasteiger partial charge on any atom is 0.352 e. The molecule has 0 fully saturated rings. The van der Waals surface area contributed by atoms with Crippen LogP contribution in [0.15, 0.2) is 12.3 Å². The van der Waals surface area contributed by atoms with Gasteiger partial charge < -0.3 is 10.1 Å². The van der Waals surface area contributed by atoms with E-state index >= 15 is 0 Å². The van der Waals surface area contributed by atoms with Gasteiger partial charge in [0.15, 0.2) is 0 Å². The summed E-state index contributed by atoms with van der Waals surface area (Å²) in [5.74, 6) is -0.373.